The molecule has 28 heavy (non-hydrogen) atoms. The molecule has 0 radical (unpaired) electrons. The Morgan fingerprint density at radius 2 is 1.96 bits per heavy atom. The molecule has 0 saturated heterocycles. The van der Waals surface area contributed by atoms with Crippen molar-refractivity contribution in [1.82, 2.24) is 29.2 Å². The van der Waals surface area contributed by atoms with E-state index in [2.05, 4.69) is 44.0 Å². The van der Waals surface area contributed by atoms with E-state index in [9.17, 15) is 0 Å². The standard InChI is InChI=1S/C20H18N6S2/c1-12-21-17-16-14-9-5-6-10-15(14)28-18(16)25-19(26(17)24-12)22-23-20(25)27-11-13-7-3-2-4-8-13/h2-4,7-8H,5-6,9-11H2,1H3. The fourth-order valence-corrected chi connectivity index (χ4v) is 6.38. The first-order valence-electron chi connectivity index (χ1n) is 9.51. The van der Waals surface area contributed by atoms with Crippen molar-refractivity contribution in [2.75, 3.05) is 0 Å². The Balaban J connectivity index is 1.61. The summed E-state index contributed by atoms with van der Waals surface area (Å²) in [6, 6.07) is 10.5. The van der Waals surface area contributed by atoms with Crippen molar-refractivity contribution in [1.29, 1.82) is 0 Å². The first-order valence-corrected chi connectivity index (χ1v) is 11.3. The first-order chi connectivity index (χ1) is 13.8. The third kappa shape index (κ3) is 2.41. The van der Waals surface area contributed by atoms with Gasteiger partial charge < -0.3 is 0 Å². The molecule has 140 valence electrons. The summed E-state index contributed by atoms with van der Waals surface area (Å²) in [6.07, 6.45) is 4.79. The van der Waals surface area contributed by atoms with E-state index in [1.54, 1.807) is 11.8 Å². The van der Waals surface area contributed by atoms with Gasteiger partial charge in [-0.2, -0.15) is 4.52 Å². The van der Waals surface area contributed by atoms with Gasteiger partial charge in [-0.15, -0.1) is 26.6 Å². The second kappa shape index (κ2) is 6.28. The second-order valence-corrected chi connectivity index (χ2v) is 9.20. The van der Waals surface area contributed by atoms with Crippen molar-refractivity contribution in [3.63, 3.8) is 0 Å². The minimum Gasteiger partial charge on any atom is -0.244 e. The number of nitrogens with zero attached hydrogens (tertiary/aromatic N) is 6. The van der Waals surface area contributed by atoms with Crippen LogP contribution >= 0.6 is 23.1 Å². The van der Waals surface area contributed by atoms with Crippen LogP contribution in [0.5, 0.6) is 0 Å². The Morgan fingerprint density at radius 1 is 1.11 bits per heavy atom. The zero-order valence-electron chi connectivity index (χ0n) is 15.4. The van der Waals surface area contributed by atoms with Gasteiger partial charge in [0.1, 0.15) is 10.7 Å². The van der Waals surface area contributed by atoms with E-state index in [4.69, 9.17) is 4.98 Å². The van der Waals surface area contributed by atoms with Gasteiger partial charge in [-0.3, -0.25) is 0 Å². The quantitative estimate of drug-likeness (QED) is 0.414. The van der Waals surface area contributed by atoms with Gasteiger partial charge in [0, 0.05) is 10.6 Å². The molecule has 0 unspecified atom stereocenters. The highest BCUT2D eigenvalue weighted by Crippen LogP contribution is 2.39. The lowest BCUT2D eigenvalue weighted by atomic mass is 9.97. The van der Waals surface area contributed by atoms with Gasteiger partial charge in [0.05, 0.1) is 5.39 Å². The van der Waals surface area contributed by atoms with Crippen LogP contribution in [-0.2, 0) is 18.6 Å². The SMILES string of the molecule is Cc1nc2c3c4c(sc3n3c(SCc5ccccc5)nnc3n2n1)CCCC4. The number of thioether (sulfide) groups is 1. The molecule has 1 aliphatic rings. The third-order valence-corrected chi connectivity index (χ3v) is 7.59. The minimum atomic E-state index is 0.747. The molecule has 4 aromatic heterocycles. The topological polar surface area (TPSA) is 60.4 Å². The number of benzene rings is 1. The van der Waals surface area contributed by atoms with Crippen LogP contribution in [0.2, 0.25) is 0 Å². The summed E-state index contributed by atoms with van der Waals surface area (Å²) in [6.45, 7) is 1.94. The van der Waals surface area contributed by atoms with E-state index in [0.29, 0.717) is 0 Å². The first kappa shape index (κ1) is 16.5. The van der Waals surface area contributed by atoms with E-state index in [1.165, 1.54) is 39.1 Å². The van der Waals surface area contributed by atoms with Crippen molar-refractivity contribution < 1.29 is 0 Å². The third-order valence-electron chi connectivity index (χ3n) is 5.31. The smallest absolute Gasteiger partial charge is 0.244 e. The molecule has 0 fully saturated rings. The molecule has 0 atom stereocenters. The number of hydrogen-bond donors (Lipinski definition) is 0. The molecule has 6 nitrogen and oxygen atoms in total. The lowest BCUT2D eigenvalue weighted by Crippen LogP contribution is -2.01. The maximum Gasteiger partial charge on any atom is 0.260 e. The molecule has 6 rings (SSSR count). The van der Waals surface area contributed by atoms with E-state index in [0.717, 1.165) is 41.0 Å². The minimum absolute atomic E-state index is 0.747. The molecule has 0 saturated carbocycles. The molecule has 0 spiro atoms. The average Bonchev–Trinajstić information content (AvgIpc) is 3.40. The maximum atomic E-state index is 4.75. The summed E-state index contributed by atoms with van der Waals surface area (Å²) in [5.74, 6) is 2.38. The largest absolute Gasteiger partial charge is 0.260 e. The maximum absolute atomic E-state index is 4.75. The number of aryl methyl sites for hydroxylation is 3. The summed E-state index contributed by atoms with van der Waals surface area (Å²) in [5.41, 5.74) is 3.66. The molecule has 0 amide bonds. The van der Waals surface area contributed by atoms with Gasteiger partial charge in [0.15, 0.2) is 10.8 Å². The van der Waals surface area contributed by atoms with Crippen LogP contribution in [0, 0.1) is 6.92 Å². The fourth-order valence-electron chi connectivity index (χ4n) is 4.05. The van der Waals surface area contributed by atoms with Crippen LogP contribution in [0.25, 0.3) is 21.6 Å². The molecule has 0 aliphatic heterocycles. The van der Waals surface area contributed by atoms with Crippen molar-refractivity contribution in [3.05, 3.63) is 52.2 Å². The average molecular weight is 407 g/mol. The second-order valence-electron chi connectivity index (χ2n) is 7.18. The summed E-state index contributed by atoms with van der Waals surface area (Å²) < 4.78 is 4.06. The highest BCUT2D eigenvalue weighted by Gasteiger charge is 2.25. The molecule has 1 aliphatic carbocycles. The van der Waals surface area contributed by atoms with Gasteiger partial charge in [-0.05, 0) is 43.7 Å². The van der Waals surface area contributed by atoms with E-state index < -0.39 is 0 Å². The van der Waals surface area contributed by atoms with Crippen LogP contribution in [0.3, 0.4) is 0 Å². The lowest BCUT2D eigenvalue weighted by molar-refractivity contribution is 0.700. The van der Waals surface area contributed by atoms with Crippen LogP contribution < -0.4 is 0 Å². The van der Waals surface area contributed by atoms with Gasteiger partial charge in [-0.1, -0.05) is 42.1 Å². The van der Waals surface area contributed by atoms with Gasteiger partial charge in [-0.25, -0.2) is 9.38 Å². The molecule has 1 aromatic carbocycles. The van der Waals surface area contributed by atoms with Gasteiger partial charge in [0.25, 0.3) is 5.78 Å². The molecule has 0 N–H and O–H groups in total. The van der Waals surface area contributed by atoms with E-state index in [1.807, 2.05) is 28.8 Å². The van der Waals surface area contributed by atoms with E-state index >= 15 is 0 Å². The van der Waals surface area contributed by atoms with Crippen LogP contribution in [0.15, 0.2) is 35.5 Å². The highest BCUT2D eigenvalue weighted by molar-refractivity contribution is 7.98. The Bertz CT molecular complexity index is 1330. The molecule has 8 heteroatoms. The fraction of sp³-hybridized carbons (Fsp3) is 0.300. The van der Waals surface area contributed by atoms with Gasteiger partial charge in [0.2, 0.25) is 0 Å². The van der Waals surface area contributed by atoms with Crippen molar-refractivity contribution >= 4 is 44.7 Å². The molecule has 5 aromatic rings. The Hall–Kier alpha value is -2.45. The van der Waals surface area contributed by atoms with Crippen LogP contribution in [0.1, 0.15) is 34.7 Å². The van der Waals surface area contributed by atoms with Crippen LogP contribution in [-0.4, -0.2) is 29.2 Å². The molecule has 4 heterocycles. The van der Waals surface area contributed by atoms with E-state index in [-0.39, 0.29) is 0 Å². The zero-order valence-corrected chi connectivity index (χ0v) is 17.1. The summed E-state index contributed by atoms with van der Waals surface area (Å²) in [5, 5.41) is 15.8. The normalized spacial score (nSPS) is 14.3. The van der Waals surface area contributed by atoms with Crippen LogP contribution in [0.4, 0.5) is 0 Å². The summed E-state index contributed by atoms with van der Waals surface area (Å²) in [4.78, 5) is 7.45. The zero-order chi connectivity index (χ0) is 18.7. The number of rotatable bonds is 3. The number of thiophene rings is 1. The predicted octanol–water partition coefficient (Wildman–Crippen LogP) is 4.47. The summed E-state index contributed by atoms with van der Waals surface area (Å²) >= 11 is 3.60. The Labute approximate surface area is 169 Å². The number of hydrogen-bond acceptors (Lipinski definition) is 6. The van der Waals surface area contributed by atoms with Crippen molar-refractivity contribution in [2.24, 2.45) is 0 Å². The Kier molecular flexibility index (Phi) is 3.70. The predicted molar refractivity (Wildman–Crippen MR) is 112 cm³/mol. The molecular weight excluding hydrogens is 388 g/mol. The molecule has 0 bridgehead atoms. The number of aromatic nitrogens is 6. The lowest BCUT2D eigenvalue weighted by Gasteiger charge is -2.10. The monoisotopic (exact) mass is 406 g/mol. The Morgan fingerprint density at radius 3 is 2.86 bits per heavy atom. The van der Waals surface area contributed by atoms with Gasteiger partial charge >= 0.3 is 0 Å². The highest BCUT2D eigenvalue weighted by atomic mass is 32.2. The molecular formula is C20H18N6S2. The van der Waals surface area contributed by atoms with Crippen molar-refractivity contribution in [3.8, 4) is 0 Å². The van der Waals surface area contributed by atoms with Crippen molar-refractivity contribution in [2.45, 2.75) is 43.5 Å². The summed E-state index contributed by atoms with van der Waals surface area (Å²) in [7, 11) is 0. The number of fused-ring (bicyclic) bond motifs is 8.